The van der Waals surface area contributed by atoms with E-state index in [1.807, 2.05) is 52.9 Å². The summed E-state index contributed by atoms with van der Waals surface area (Å²) in [6.07, 6.45) is 1.82. The standard InChI is InChI=1S/C21H19N3O3S/c1-13-16-6-2-3-7-17(16)26-18(13)21(25)24-9-4-5-14(11-24)19-22-23-20(27-19)15-8-10-28-12-15/h2-3,6-8,10,12,14H,4-5,9,11H2,1H3/t14-/m1/s1. The molecule has 0 unspecified atom stereocenters. The average molecular weight is 393 g/mol. The lowest BCUT2D eigenvalue weighted by molar-refractivity contribution is 0.0667. The highest BCUT2D eigenvalue weighted by molar-refractivity contribution is 7.08. The molecule has 1 aromatic carbocycles. The molecule has 0 aliphatic carbocycles. The third-order valence-electron chi connectivity index (χ3n) is 5.30. The van der Waals surface area contributed by atoms with Crippen molar-refractivity contribution in [3.05, 3.63) is 58.3 Å². The Morgan fingerprint density at radius 2 is 2.11 bits per heavy atom. The van der Waals surface area contributed by atoms with Crippen LogP contribution in [-0.2, 0) is 0 Å². The van der Waals surface area contributed by atoms with E-state index in [0.29, 0.717) is 30.6 Å². The van der Waals surface area contributed by atoms with E-state index >= 15 is 0 Å². The van der Waals surface area contributed by atoms with Crippen LogP contribution in [0.3, 0.4) is 0 Å². The molecule has 0 radical (unpaired) electrons. The monoisotopic (exact) mass is 393 g/mol. The molecule has 0 saturated carbocycles. The number of carbonyl (C=O) groups is 1. The van der Waals surface area contributed by atoms with E-state index in [1.165, 1.54) is 0 Å². The van der Waals surface area contributed by atoms with Crippen LogP contribution in [0.15, 0.2) is 49.9 Å². The van der Waals surface area contributed by atoms with Crippen LogP contribution in [-0.4, -0.2) is 34.1 Å². The Labute approximate surface area is 165 Å². The van der Waals surface area contributed by atoms with Crippen LogP contribution in [0.4, 0.5) is 0 Å². The Morgan fingerprint density at radius 1 is 1.21 bits per heavy atom. The molecule has 0 spiro atoms. The van der Waals surface area contributed by atoms with Gasteiger partial charge in [0, 0.05) is 35.0 Å². The normalized spacial score (nSPS) is 17.3. The second-order valence-electron chi connectivity index (χ2n) is 7.10. The number of rotatable bonds is 3. The van der Waals surface area contributed by atoms with Crippen molar-refractivity contribution >= 4 is 28.2 Å². The minimum atomic E-state index is -0.0732. The summed E-state index contributed by atoms with van der Waals surface area (Å²) in [5.74, 6) is 1.53. The number of para-hydroxylation sites is 1. The molecule has 1 fully saturated rings. The minimum absolute atomic E-state index is 0.0438. The minimum Gasteiger partial charge on any atom is -0.451 e. The summed E-state index contributed by atoms with van der Waals surface area (Å²) in [4.78, 5) is 15.0. The van der Waals surface area contributed by atoms with Crippen molar-refractivity contribution in [1.82, 2.24) is 15.1 Å². The van der Waals surface area contributed by atoms with Gasteiger partial charge >= 0.3 is 0 Å². The van der Waals surface area contributed by atoms with E-state index in [9.17, 15) is 4.79 Å². The number of hydrogen-bond donors (Lipinski definition) is 0. The maximum Gasteiger partial charge on any atom is 0.289 e. The van der Waals surface area contributed by atoms with E-state index in [2.05, 4.69) is 10.2 Å². The van der Waals surface area contributed by atoms with E-state index in [-0.39, 0.29) is 11.8 Å². The van der Waals surface area contributed by atoms with Gasteiger partial charge in [0.15, 0.2) is 5.76 Å². The number of fused-ring (bicyclic) bond motifs is 1. The van der Waals surface area contributed by atoms with Crippen LogP contribution in [0.2, 0.25) is 0 Å². The number of nitrogens with zero attached hydrogens (tertiary/aromatic N) is 3. The van der Waals surface area contributed by atoms with Crippen molar-refractivity contribution in [2.24, 2.45) is 0 Å². The van der Waals surface area contributed by atoms with Crippen LogP contribution in [0.5, 0.6) is 0 Å². The first-order valence-electron chi connectivity index (χ1n) is 9.34. The fourth-order valence-corrected chi connectivity index (χ4v) is 4.42. The summed E-state index contributed by atoms with van der Waals surface area (Å²) < 4.78 is 11.8. The highest BCUT2D eigenvalue weighted by Gasteiger charge is 2.31. The van der Waals surface area contributed by atoms with Gasteiger partial charge in [-0.3, -0.25) is 4.79 Å². The molecular formula is C21H19N3O3S. The van der Waals surface area contributed by atoms with Gasteiger partial charge in [0.1, 0.15) is 5.58 Å². The number of piperidine rings is 1. The zero-order valence-corrected chi connectivity index (χ0v) is 16.2. The van der Waals surface area contributed by atoms with Crippen molar-refractivity contribution in [2.75, 3.05) is 13.1 Å². The molecule has 4 aromatic rings. The number of benzene rings is 1. The third-order valence-corrected chi connectivity index (χ3v) is 5.99. The van der Waals surface area contributed by atoms with E-state index in [4.69, 9.17) is 8.83 Å². The van der Waals surface area contributed by atoms with Crippen molar-refractivity contribution in [3.8, 4) is 11.5 Å². The highest BCUT2D eigenvalue weighted by atomic mass is 32.1. The molecule has 1 amide bonds. The van der Waals surface area contributed by atoms with Gasteiger partial charge in [-0.2, -0.15) is 11.3 Å². The lowest BCUT2D eigenvalue weighted by Crippen LogP contribution is -2.39. The summed E-state index contributed by atoms with van der Waals surface area (Å²) in [6, 6.07) is 9.70. The van der Waals surface area contributed by atoms with Crippen LogP contribution in [0, 0.1) is 6.92 Å². The van der Waals surface area contributed by atoms with Crippen molar-refractivity contribution < 1.29 is 13.6 Å². The predicted octanol–water partition coefficient (Wildman–Crippen LogP) is 4.87. The molecule has 0 N–H and O–H groups in total. The fraction of sp³-hybridized carbons (Fsp3) is 0.286. The molecule has 5 rings (SSSR count). The summed E-state index contributed by atoms with van der Waals surface area (Å²) in [7, 11) is 0. The summed E-state index contributed by atoms with van der Waals surface area (Å²) >= 11 is 1.59. The van der Waals surface area contributed by atoms with E-state index < -0.39 is 0 Å². The molecule has 4 heterocycles. The number of thiophene rings is 1. The van der Waals surface area contributed by atoms with E-state index in [1.54, 1.807) is 11.3 Å². The molecule has 1 saturated heterocycles. The summed E-state index contributed by atoms with van der Waals surface area (Å²) in [5, 5.41) is 13.4. The number of likely N-dealkylation sites (tertiary alicyclic amines) is 1. The van der Waals surface area contributed by atoms with Gasteiger partial charge < -0.3 is 13.7 Å². The van der Waals surface area contributed by atoms with Gasteiger partial charge in [-0.25, -0.2) is 0 Å². The van der Waals surface area contributed by atoms with Gasteiger partial charge in [0.05, 0.1) is 5.92 Å². The van der Waals surface area contributed by atoms with Crippen LogP contribution < -0.4 is 0 Å². The van der Waals surface area contributed by atoms with Crippen LogP contribution in [0.1, 0.15) is 40.8 Å². The first-order valence-corrected chi connectivity index (χ1v) is 10.3. The number of hydrogen-bond acceptors (Lipinski definition) is 6. The maximum absolute atomic E-state index is 13.1. The van der Waals surface area contributed by atoms with Crippen LogP contribution in [0.25, 0.3) is 22.4 Å². The van der Waals surface area contributed by atoms with Crippen LogP contribution >= 0.6 is 11.3 Å². The molecule has 28 heavy (non-hydrogen) atoms. The topological polar surface area (TPSA) is 72.4 Å². The molecular weight excluding hydrogens is 374 g/mol. The molecule has 1 aliphatic rings. The quantitative estimate of drug-likeness (QED) is 0.496. The van der Waals surface area contributed by atoms with Gasteiger partial charge in [-0.05, 0) is 37.3 Å². The van der Waals surface area contributed by atoms with E-state index in [0.717, 1.165) is 34.9 Å². The molecule has 1 atom stereocenters. The number of aryl methyl sites for hydroxylation is 1. The average Bonchev–Trinajstić information content (AvgIpc) is 3.48. The smallest absolute Gasteiger partial charge is 0.289 e. The number of carbonyl (C=O) groups excluding carboxylic acids is 1. The maximum atomic E-state index is 13.1. The molecule has 142 valence electrons. The molecule has 0 bridgehead atoms. The van der Waals surface area contributed by atoms with Crippen molar-refractivity contribution in [2.45, 2.75) is 25.7 Å². The van der Waals surface area contributed by atoms with Crippen molar-refractivity contribution in [3.63, 3.8) is 0 Å². The number of furan rings is 1. The van der Waals surface area contributed by atoms with Gasteiger partial charge in [-0.1, -0.05) is 18.2 Å². The molecule has 7 heteroatoms. The first kappa shape index (κ1) is 17.2. The Balaban J connectivity index is 1.38. The molecule has 6 nitrogen and oxygen atoms in total. The Morgan fingerprint density at radius 3 is 2.93 bits per heavy atom. The zero-order chi connectivity index (χ0) is 19.1. The van der Waals surface area contributed by atoms with Gasteiger partial charge in [0.25, 0.3) is 5.91 Å². The van der Waals surface area contributed by atoms with Crippen molar-refractivity contribution in [1.29, 1.82) is 0 Å². The Bertz CT molecular complexity index is 1130. The number of aromatic nitrogens is 2. The second kappa shape index (κ2) is 6.91. The molecule has 3 aromatic heterocycles. The largest absolute Gasteiger partial charge is 0.451 e. The van der Waals surface area contributed by atoms with Gasteiger partial charge in [0.2, 0.25) is 11.8 Å². The zero-order valence-electron chi connectivity index (χ0n) is 15.4. The van der Waals surface area contributed by atoms with Gasteiger partial charge in [-0.15, -0.1) is 10.2 Å². The first-order chi connectivity index (χ1) is 13.7. The lowest BCUT2D eigenvalue weighted by atomic mass is 9.97. The third kappa shape index (κ3) is 2.92. The highest BCUT2D eigenvalue weighted by Crippen LogP contribution is 2.31. The molecule has 1 aliphatic heterocycles. The predicted molar refractivity (Wildman–Crippen MR) is 106 cm³/mol. The SMILES string of the molecule is Cc1c(C(=O)N2CCC[C@@H](c3nnc(-c4ccsc4)o3)C2)oc2ccccc12. The summed E-state index contributed by atoms with van der Waals surface area (Å²) in [6.45, 7) is 3.20. The number of amides is 1. The Hall–Kier alpha value is -2.93. The second-order valence-corrected chi connectivity index (χ2v) is 7.88. The Kier molecular flexibility index (Phi) is 4.24. The lowest BCUT2D eigenvalue weighted by Gasteiger charge is -2.30. The fourth-order valence-electron chi connectivity index (χ4n) is 3.79. The summed E-state index contributed by atoms with van der Waals surface area (Å²) in [5.41, 5.74) is 2.57.